The maximum absolute atomic E-state index is 13.7. The number of hydrogen-bond donors (Lipinski definition) is 1. The van der Waals surface area contributed by atoms with Crippen LogP contribution in [0.3, 0.4) is 0 Å². The van der Waals surface area contributed by atoms with Crippen molar-refractivity contribution in [1.82, 2.24) is 4.31 Å². The minimum Gasteiger partial charge on any atom is -0.494 e. The molecule has 0 spiro atoms. The van der Waals surface area contributed by atoms with Gasteiger partial charge in [0.05, 0.1) is 12.0 Å². The molecule has 0 bridgehead atoms. The van der Waals surface area contributed by atoms with E-state index in [4.69, 9.17) is 9.84 Å². The van der Waals surface area contributed by atoms with Crippen LogP contribution in [0.25, 0.3) is 0 Å². The summed E-state index contributed by atoms with van der Waals surface area (Å²) >= 11 is 1.37. The summed E-state index contributed by atoms with van der Waals surface area (Å²) in [5.41, 5.74) is 0. The Bertz CT molecular complexity index is 649. The van der Waals surface area contributed by atoms with Crippen LogP contribution in [0.15, 0.2) is 23.1 Å². The molecule has 0 aromatic heterocycles. The van der Waals surface area contributed by atoms with Crippen molar-refractivity contribution in [1.29, 1.82) is 0 Å². The first kappa shape index (κ1) is 16.1. The molecular weight excluding hydrogens is 321 g/mol. The Morgan fingerprint density at radius 3 is 2.81 bits per heavy atom. The van der Waals surface area contributed by atoms with E-state index >= 15 is 0 Å². The molecule has 21 heavy (non-hydrogen) atoms. The topological polar surface area (TPSA) is 83.9 Å². The maximum Gasteiger partial charge on any atom is 0.322 e. The summed E-state index contributed by atoms with van der Waals surface area (Å²) in [7, 11) is -2.79. The van der Waals surface area contributed by atoms with E-state index in [1.165, 1.54) is 31.0 Å². The van der Waals surface area contributed by atoms with Crippen molar-refractivity contribution in [3.05, 3.63) is 24.0 Å². The third-order valence-electron chi connectivity index (χ3n) is 3.09. The lowest BCUT2D eigenvalue weighted by molar-refractivity contribution is -0.140. The first-order valence-electron chi connectivity index (χ1n) is 6.04. The highest BCUT2D eigenvalue weighted by Crippen LogP contribution is 2.27. The first-order valence-corrected chi connectivity index (χ1v) is 8.63. The molecule has 1 saturated heterocycles. The van der Waals surface area contributed by atoms with Gasteiger partial charge in [0.15, 0.2) is 11.6 Å². The van der Waals surface area contributed by atoms with Crippen molar-refractivity contribution in [3.8, 4) is 5.75 Å². The highest BCUT2D eigenvalue weighted by molar-refractivity contribution is 7.99. The van der Waals surface area contributed by atoms with E-state index in [2.05, 4.69) is 0 Å². The first-order chi connectivity index (χ1) is 9.87. The van der Waals surface area contributed by atoms with Gasteiger partial charge < -0.3 is 9.84 Å². The second-order valence-electron chi connectivity index (χ2n) is 4.34. The number of ether oxygens (including phenoxy) is 1. The Hall–Kier alpha value is -1.32. The number of methoxy groups -OCH3 is 1. The Morgan fingerprint density at radius 2 is 2.24 bits per heavy atom. The van der Waals surface area contributed by atoms with Crippen LogP contribution in [0.2, 0.25) is 0 Å². The van der Waals surface area contributed by atoms with Crippen molar-refractivity contribution in [3.63, 3.8) is 0 Å². The third kappa shape index (κ3) is 3.14. The lowest BCUT2D eigenvalue weighted by Crippen LogP contribution is -2.50. The van der Waals surface area contributed by atoms with Crippen LogP contribution in [-0.2, 0) is 14.8 Å². The fraction of sp³-hybridized carbons (Fsp3) is 0.417. The smallest absolute Gasteiger partial charge is 0.322 e. The second-order valence-corrected chi connectivity index (χ2v) is 7.38. The van der Waals surface area contributed by atoms with Crippen LogP contribution in [-0.4, -0.2) is 55.0 Å². The molecule has 1 atom stereocenters. The minimum atomic E-state index is -4.06. The number of nitrogens with zero attached hydrogens (tertiary/aromatic N) is 1. The SMILES string of the molecule is COc1ccc(S(=O)(=O)N2CCSCC2C(=O)O)cc1F. The van der Waals surface area contributed by atoms with Gasteiger partial charge in [-0.3, -0.25) is 4.79 Å². The number of carbonyl (C=O) groups is 1. The average molecular weight is 335 g/mol. The van der Waals surface area contributed by atoms with Crippen molar-refractivity contribution in [2.45, 2.75) is 10.9 Å². The molecule has 0 amide bonds. The summed E-state index contributed by atoms with van der Waals surface area (Å²) in [6, 6.07) is 2.11. The Labute approximate surface area is 125 Å². The second kappa shape index (κ2) is 6.20. The monoisotopic (exact) mass is 335 g/mol. The number of halogens is 1. The maximum atomic E-state index is 13.7. The number of benzene rings is 1. The van der Waals surface area contributed by atoms with Gasteiger partial charge in [-0.25, -0.2) is 12.8 Å². The van der Waals surface area contributed by atoms with Gasteiger partial charge in [0.25, 0.3) is 0 Å². The highest BCUT2D eigenvalue weighted by Gasteiger charge is 2.38. The molecule has 116 valence electrons. The van der Waals surface area contributed by atoms with Gasteiger partial charge in [0.2, 0.25) is 10.0 Å². The van der Waals surface area contributed by atoms with Gasteiger partial charge >= 0.3 is 5.97 Å². The van der Waals surface area contributed by atoms with Gasteiger partial charge in [-0.15, -0.1) is 0 Å². The third-order valence-corrected chi connectivity index (χ3v) is 6.02. The standard InChI is InChI=1S/C12H14FNO5S2/c1-19-11-3-2-8(6-9(11)13)21(17,18)14-4-5-20-7-10(14)12(15)16/h2-3,6,10H,4-5,7H2,1H3,(H,15,16). The van der Waals surface area contributed by atoms with Crippen LogP contribution >= 0.6 is 11.8 Å². The van der Waals surface area contributed by atoms with Gasteiger partial charge in [-0.1, -0.05) is 0 Å². The molecule has 0 aliphatic carbocycles. The zero-order chi connectivity index (χ0) is 15.6. The fourth-order valence-corrected chi connectivity index (χ4v) is 4.86. The molecule has 1 fully saturated rings. The molecule has 1 aromatic carbocycles. The molecule has 9 heteroatoms. The van der Waals surface area contributed by atoms with Crippen molar-refractivity contribution in [2.75, 3.05) is 25.2 Å². The van der Waals surface area contributed by atoms with Crippen LogP contribution in [0.5, 0.6) is 5.75 Å². The Kier molecular flexibility index (Phi) is 4.74. The van der Waals surface area contributed by atoms with Gasteiger partial charge in [-0.05, 0) is 18.2 Å². The fourth-order valence-electron chi connectivity index (χ4n) is 2.01. The van der Waals surface area contributed by atoms with E-state index in [0.29, 0.717) is 5.75 Å². The molecule has 1 aliphatic rings. The van der Waals surface area contributed by atoms with Crippen molar-refractivity contribution < 1.29 is 27.4 Å². The molecule has 6 nitrogen and oxygen atoms in total. The average Bonchev–Trinajstić information content (AvgIpc) is 2.47. The minimum absolute atomic E-state index is 0.0714. The molecule has 1 aromatic rings. The highest BCUT2D eigenvalue weighted by atomic mass is 32.2. The molecular formula is C12H14FNO5S2. The van der Waals surface area contributed by atoms with Crippen molar-refractivity contribution in [2.24, 2.45) is 0 Å². The normalized spacial score (nSPS) is 20.2. The van der Waals surface area contributed by atoms with Crippen LogP contribution in [0.1, 0.15) is 0 Å². The summed E-state index contributed by atoms with van der Waals surface area (Å²) in [5.74, 6) is -1.41. The van der Waals surface area contributed by atoms with Gasteiger partial charge in [0, 0.05) is 18.1 Å². The predicted molar refractivity (Wildman–Crippen MR) is 75.6 cm³/mol. The molecule has 1 aliphatic heterocycles. The molecule has 0 radical (unpaired) electrons. The lowest BCUT2D eigenvalue weighted by atomic mass is 10.3. The number of hydrogen-bond acceptors (Lipinski definition) is 5. The zero-order valence-electron chi connectivity index (χ0n) is 11.2. The summed E-state index contributed by atoms with van der Waals surface area (Å²) in [6.07, 6.45) is 0. The van der Waals surface area contributed by atoms with Gasteiger partial charge in [0.1, 0.15) is 6.04 Å². The number of sulfonamides is 1. The Morgan fingerprint density at radius 1 is 1.52 bits per heavy atom. The van der Waals surface area contributed by atoms with E-state index in [9.17, 15) is 17.6 Å². The van der Waals surface area contributed by atoms with E-state index in [-0.39, 0.29) is 22.9 Å². The lowest BCUT2D eigenvalue weighted by Gasteiger charge is -2.31. The van der Waals surface area contributed by atoms with Crippen LogP contribution < -0.4 is 4.74 Å². The molecule has 1 heterocycles. The van der Waals surface area contributed by atoms with E-state index in [1.807, 2.05) is 0 Å². The molecule has 1 N–H and O–H groups in total. The molecule has 1 unspecified atom stereocenters. The van der Waals surface area contributed by atoms with Crippen LogP contribution in [0, 0.1) is 5.82 Å². The zero-order valence-corrected chi connectivity index (χ0v) is 12.8. The summed E-state index contributed by atoms with van der Waals surface area (Å²) in [6.45, 7) is 0.0810. The van der Waals surface area contributed by atoms with E-state index in [1.54, 1.807) is 0 Å². The number of aliphatic carboxylic acids is 1. The summed E-state index contributed by atoms with van der Waals surface area (Å²) in [4.78, 5) is 10.9. The quantitative estimate of drug-likeness (QED) is 0.885. The molecule has 0 saturated carbocycles. The predicted octanol–water partition coefficient (Wildman–Crippen LogP) is 1.02. The van der Waals surface area contributed by atoms with Gasteiger partial charge in [-0.2, -0.15) is 16.1 Å². The molecule has 2 rings (SSSR count). The number of carboxylic acid groups (broad SMARTS) is 1. The summed E-state index contributed by atoms with van der Waals surface area (Å²) in [5, 5.41) is 9.14. The van der Waals surface area contributed by atoms with E-state index in [0.717, 1.165) is 10.4 Å². The summed E-state index contributed by atoms with van der Waals surface area (Å²) < 4.78 is 44.3. The largest absolute Gasteiger partial charge is 0.494 e. The van der Waals surface area contributed by atoms with Crippen molar-refractivity contribution >= 4 is 27.8 Å². The van der Waals surface area contributed by atoms with Crippen LogP contribution in [0.4, 0.5) is 4.39 Å². The number of rotatable bonds is 4. The Balaban J connectivity index is 2.40. The van der Waals surface area contributed by atoms with E-state index < -0.39 is 27.9 Å². The number of carboxylic acids is 1. The number of thioether (sulfide) groups is 1.